The Morgan fingerprint density at radius 3 is 2.48 bits per heavy atom. The molecule has 0 aliphatic carbocycles. The number of hydrogen-bond donors (Lipinski definition) is 4. The molecule has 174 valence electrons. The molecule has 0 spiro atoms. The number of carboxylic acids is 1. The van der Waals surface area contributed by atoms with E-state index < -0.39 is 30.1 Å². The van der Waals surface area contributed by atoms with Gasteiger partial charge in [-0.1, -0.05) is 48.5 Å². The molecule has 0 radical (unpaired) electrons. The third-order valence-electron chi connectivity index (χ3n) is 5.15. The maximum Gasteiger partial charge on any atom is 0.408 e. The second-order valence-electron chi connectivity index (χ2n) is 7.50. The molecule has 0 bridgehead atoms. The smallest absolute Gasteiger partial charge is 0.408 e. The van der Waals surface area contributed by atoms with E-state index in [0.717, 1.165) is 22.0 Å². The quantitative estimate of drug-likeness (QED) is 0.342. The van der Waals surface area contributed by atoms with E-state index in [4.69, 9.17) is 4.74 Å². The van der Waals surface area contributed by atoms with Gasteiger partial charge < -0.3 is 25.5 Å². The Morgan fingerprint density at radius 1 is 1.03 bits per heavy atom. The fourth-order valence-corrected chi connectivity index (χ4v) is 3.88. The number of fused-ring (bicyclic) bond motifs is 1. The SMILES string of the molecule is CSCC[C@H](NC(=O)OCc1ccccc1)C(=O)N[C@@H](Cc1c[nH]c2ccccc12)C(=O)O. The molecule has 0 aliphatic heterocycles. The van der Waals surface area contributed by atoms with Crippen LogP contribution in [0.25, 0.3) is 10.9 Å². The van der Waals surface area contributed by atoms with Crippen molar-refractivity contribution in [3.05, 3.63) is 71.9 Å². The van der Waals surface area contributed by atoms with E-state index >= 15 is 0 Å². The number of carbonyl (C=O) groups is 3. The first-order chi connectivity index (χ1) is 16.0. The van der Waals surface area contributed by atoms with Crippen LogP contribution in [0.4, 0.5) is 4.79 Å². The molecule has 9 heteroatoms. The lowest BCUT2D eigenvalue weighted by atomic mass is 10.0. The number of carboxylic acid groups (broad SMARTS) is 1. The topological polar surface area (TPSA) is 121 Å². The molecule has 4 N–H and O–H groups in total. The highest BCUT2D eigenvalue weighted by Crippen LogP contribution is 2.19. The van der Waals surface area contributed by atoms with E-state index in [0.29, 0.717) is 12.2 Å². The van der Waals surface area contributed by atoms with Crippen LogP contribution in [0.15, 0.2) is 60.8 Å². The van der Waals surface area contributed by atoms with Crippen molar-refractivity contribution in [2.45, 2.75) is 31.5 Å². The molecular formula is C24H27N3O5S. The first kappa shape index (κ1) is 24.2. The van der Waals surface area contributed by atoms with Crippen molar-refractivity contribution in [3.8, 4) is 0 Å². The minimum Gasteiger partial charge on any atom is -0.480 e. The molecule has 1 aromatic heterocycles. The fraction of sp³-hybridized carbons (Fsp3) is 0.292. The van der Waals surface area contributed by atoms with E-state index in [1.807, 2.05) is 60.9 Å². The van der Waals surface area contributed by atoms with Crippen LogP contribution in [0.5, 0.6) is 0 Å². The summed E-state index contributed by atoms with van der Waals surface area (Å²) < 4.78 is 5.22. The Balaban J connectivity index is 1.63. The van der Waals surface area contributed by atoms with Gasteiger partial charge in [-0.15, -0.1) is 0 Å². The van der Waals surface area contributed by atoms with Crippen molar-refractivity contribution in [3.63, 3.8) is 0 Å². The minimum atomic E-state index is -1.15. The third-order valence-corrected chi connectivity index (χ3v) is 5.79. The molecule has 3 aromatic rings. The lowest BCUT2D eigenvalue weighted by Gasteiger charge is -2.21. The van der Waals surface area contributed by atoms with Gasteiger partial charge in [-0.3, -0.25) is 4.79 Å². The van der Waals surface area contributed by atoms with Crippen LogP contribution in [0.3, 0.4) is 0 Å². The first-order valence-electron chi connectivity index (χ1n) is 10.5. The van der Waals surface area contributed by atoms with Crippen molar-refractivity contribution in [1.82, 2.24) is 15.6 Å². The Labute approximate surface area is 196 Å². The number of H-pyrrole nitrogens is 1. The average molecular weight is 470 g/mol. The van der Waals surface area contributed by atoms with Gasteiger partial charge in [0.15, 0.2) is 0 Å². The van der Waals surface area contributed by atoms with Gasteiger partial charge in [0.25, 0.3) is 0 Å². The minimum absolute atomic E-state index is 0.0713. The number of aliphatic carboxylic acids is 1. The van der Waals surface area contributed by atoms with Gasteiger partial charge in [-0.05, 0) is 35.6 Å². The predicted octanol–water partition coefficient (Wildman–Crippen LogP) is 3.33. The Kier molecular flexibility index (Phi) is 8.77. The van der Waals surface area contributed by atoms with Gasteiger partial charge in [-0.25, -0.2) is 9.59 Å². The highest BCUT2D eigenvalue weighted by molar-refractivity contribution is 7.98. The number of hydrogen-bond acceptors (Lipinski definition) is 5. The van der Waals surface area contributed by atoms with Crippen LogP contribution in [0.1, 0.15) is 17.5 Å². The van der Waals surface area contributed by atoms with Crippen molar-refractivity contribution < 1.29 is 24.2 Å². The molecule has 2 aromatic carbocycles. The lowest BCUT2D eigenvalue weighted by molar-refractivity contribution is -0.142. The molecule has 33 heavy (non-hydrogen) atoms. The van der Waals surface area contributed by atoms with E-state index in [2.05, 4.69) is 15.6 Å². The largest absolute Gasteiger partial charge is 0.480 e. The molecule has 2 atom stereocenters. The highest BCUT2D eigenvalue weighted by Gasteiger charge is 2.27. The number of carbonyl (C=O) groups excluding carboxylic acids is 2. The number of amides is 2. The molecule has 1 heterocycles. The van der Waals surface area contributed by atoms with Gasteiger partial charge >= 0.3 is 12.1 Å². The normalized spacial score (nSPS) is 12.6. The number of aromatic amines is 1. The fourth-order valence-electron chi connectivity index (χ4n) is 3.40. The lowest BCUT2D eigenvalue weighted by Crippen LogP contribution is -2.52. The van der Waals surface area contributed by atoms with Crippen molar-refractivity contribution >= 4 is 40.6 Å². The zero-order chi connectivity index (χ0) is 23.6. The number of benzene rings is 2. The maximum atomic E-state index is 12.9. The van der Waals surface area contributed by atoms with Gasteiger partial charge in [0, 0.05) is 23.5 Å². The summed E-state index contributed by atoms with van der Waals surface area (Å²) in [5.41, 5.74) is 2.50. The Bertz CT molecular complexity index is 1090. The molecule has 0 saturated heterocycles. The Hall–Kier alpha value is -3.46. The number of thioether (sulfide) groups is 1. The summed E-state index contributed by atoms with van der Waals surface area (Å²) in [5, 5.41) is 15.7. The summed E-state index contributed by atoms with van der Waals surface area (Å²) in [6.07, 6.45) is 3.35. The zero-order valence-electron chi connectivity index (χ0n) is 18.2. The van der Waals surface area contributed by atoms with E-state index in [1.54, 1.807) is 6.20 Å². The van der Waals surface area contributed by atoms with E-state index in [1.165, 1.54) is 11.8 Å². The summed E-state index contributed by atoms with van der Waals surface area (Å²) >= 11 is 1.52. The molecule has 3 rings (SSSR count). The molecule has 0 unspecified atom stereocenters. The van der Waals surface area contributed by atoms with E-state index in [9.17, 15) is 19.5 Å². The second kappa shape index (κ2) is 12.0. The molecule has 8 nitrogen and oxygen atoms in total. The van der Waals surface area contributed by atoms with Gasteiger partial charge in [0.2, 0.25) is 5.91 Å². The van der Waals surface area contributed by atoms with Crippen LogP contribution in [-0.2, 0) is 27.4 Å². The van der Waals surface area contributed by atoms with Crippen molar-refractivity contribution in [1.29, 1.82) is 0 Å². The number of rotatable bonds is 11. The van der Waals surface area contributed by atoms with Crippen LogP contribution < -0.4 is 10.6 Å². The summed E-state index contributed by atoms with van der Waals surface area (Å²) in [7, 11) is 0. The van der Waals surface area contributed by atoms with Crippen molar-refractivity contribution in [2.75, 3.05) is 12.0 Å². The van der Waals surface area contributed by atoms with Gasteiger partial charge in [0.1, 0.15) is 18.7 Å². The van der Waals surface area contributed by atoms with Crippen LogP contribution in [0, 0.1) is 0 Å². The van der Waals surface area contributed by atoms with Gasteiger partial charge in [-0.2, -0.15) is 11.8 Å². The average Bonchev–Trinajstić information content (AvgIpc) is 3.23. The Morgan fingerprint density at radius 2 is 1.76 bits per heavy atom. The standard InChI is InChI=1S/C24H27N3O5S/c1-33-12-11-20(27-24(31)32-15-16-7-3-2-4-8-16)22(28)26-21(23(29)30)13-17-14-25-19-10-6-5-9-18(17)19/h2-10,14,20-21,25H,11-13,15H2,1H3,(H,26,28)(H,27,31)(H,29,30)/t20-,21-/m0/s1. The first-order valence-corrected chi connectivity index (χ1v) is 11.9. The summed E-state index contributed by atoms with van der Waals surface area (Å²) in [6.45, 7) is 0.0713. The monoisotopic (exact) mass is 469 g/mol. The van der Waals surface area contributed by atoms with E-state index in [-0.39, 0.29) is 13.0 Å². The number of para-hydroxylation sites is 1. The van der Waals surface area contributed by atoms with Gasteiger partial charge in [0.05, 0.1) is 0 Å². The van der Waals surface area contributed by atoms with Crippen LogP contribution in [-0.4, -0.2) is 52.2 Å². The molecule has 0 fully saturated rings. The molecular weight excluding hydrogens is 442 g/mol. The maximum absolute atomic E-state index is 12.9. The second-order valence-corrected chi connectivity index (χ2v) is 8.49. The number of nitrogens with one attached hydrogen (secondary N) is 3. The van der Waals surface area contributed by atoms with Crippen molar-refractivity contribution in [2.24, 2.45) is 0 Å². The van der Waals surface area contributed by atoms with Crippen LogP contribution in [0.2, 0.25) is 0 Å². The zero-order valence-corrected chi connectivity index (χ0v) is 19.1. The molecule has 0 aliphatic rings. The summed E-state index contributed by atoms with van der Waals surface area (Å²) in [4.78, 5) is 40.2. The van der Waals surface area contributed by atoms with Crippen LogP contribution >= 0.6 is 11.8 Å². The number of ether oxygens (including phenoxy) is 1. The third kappa shape index (κ3) is 7.01. The number of aromatic nitrogens is 1. The molecule has 0 saturated carbocycles. The highest BCUT2D eigenvalue weighted by atomic mass is 32.2. The summed E-state index contributed by atoms with van der Waals surface area (Å²) in [6, 6.07) is 14.7. The molecule has 2 amide bonds. The predicted molar refractivity (Wildman–Crippen MR) is 128 cm³/mol. The number of alkyl carbamates (subject to hydrolysis) is 1. The summed E-state index contributed by atoms with van der Waals surface area (Å²) in [5.74, 6) is -1.10.